The van der Waals surface area contributed by atoms with Gasteiger partial charge in [0.05, 0.1) is 17.6 Å². The van der Waals surface area contributed by atoms with Crippen molar-refractivity contribution >= 4 is 12.2 Å². The summed E-state index contributed by atoms with van der Waals surface area (Å²) in [4.78, 5) is 0. The second-order valence-corrected chi connectivity index (χ2v) is 6.34. The van der Waals surface area contributed by atoms with E-state index in [4.69, 9.17) is 13.9 Å². The Bertz CT molecular complexity index is 1240. The first-order valence-corrected chi connectivity index (χ1v) is 9.13. The number of para-hydroxylation sites is 1. The van der Waals surface area contributed by atoms with Crippen molar-refractivity contribution in [2.75, 3.05) is 0 Å². The molecular formula is C23H16N4O2. The smallest absolute Gasteiger partial charge is 0.283 e. The molecule has 5 aromatic rings. The summed E-state index contributed by atoms with van der Waals surface area (Å²) in [5.74, 6) is 1.28. The lowest BCUT2D eigenvalue weighted by Crippen LogP contribution is -1.93. The zero-order chi connectivity index (χ0) is 19.5. The van der Waals surface area contributed by atoms with Crippen LogP contribution in [0.3, 0.4) is 0 Å². The fraction of sp³-hybridized carbons (Fsp3) is 0. The summed E-state index contributed by atoms with van der Waals surface area (Å²) in [7, 11) is 0. The largest absolute Gasteiger partial charge is 0.459 e. The van der Waals surface area contributed by atoms with E-state index in [1.165, 1.54) is 0 Å². The Labute approximate surface area is 166 Å². The van der Waals surface area contributed by atoms with E-state index in [0.717, 1.165) is 22.5 Å². The lowest BCUT2D eigenvalue weighted by Gasteiger charge is -2.00. The van der Waals surface area contributed by atoms with Gasteiger partial charge in [0.25, 0.3) is 5.89 Å². The maximum atomic E-state index is 5.66. The lowest BCUT2D eigenvalue weighted by molar-refractivity contribution is 0.510. The molecule has 3 heterocycles. The van der Waals surface area contributed by atoms with Gasteiger partial charge in [0, 0.05) is 23.4 Å². The number of nitrogens with zero attached hydrogens (tertiary/aromatic N) is 4. The summed E-state index contributed by atoms with van der Waals surface area (Å²) in [5, 5.41) is 12.9. The summed E-state index contributed by atoms with van der Waals surface area (Å²) in [5.41, 5.74) is 3.83. The van der Waals surface area contributed by atoms with Crippen LogP contribution in [-0.4, -0.2) is 20.0 Å². The van der Waals surface area contributed by atoms with Gasteiger partial charge in [-0.1, -0.05) is 48.5 Å². The van der Waals surface area contributed by atoms with Crippen LogP contribution < -0.4 is 0 Å². The summed E-state index contributed by atoms with van der Waals surface area (Å²) < 4.78 is 12.8. The van der Waals surface area contributed by atoms with Gasteiger partial charge in [0.1, 0.15) is 0 Å². The van der Waals surface area contributed by atoms with Crippen LogP contribution in [0.4, 0.5) is 0 Å². The minimum Gasteiger partial charge on any atom is -0.459 e. The Morgan fingerprint density at radius 2 is 1.59 bits per heavy atom. The van der Waals surface area contributed by atoms with Crippen molar-refractivity contribution in [2.24, 2.45) is 0 Å². The van der Waals surface area contributed by atoms with E-state index in [9.17, 15) is 0 Å². The summed E-state index contributed by atoms with van der Waals surface area (Å²) in [6, 6.07) is 23.6. The molecule has 0 fully saturated rings. The van der Waals surface area contributed by atoms with Gasteiger partial charge in [0.2, 0.25) is 5.89 Å². The molecule has 0 unspecified atom stereocenters. The minimum absolute atomic E-state index is 0.345. The summed E-state index contributed by atoms with van der Waals surface area (Å²) in [6.45, 7) is 0. The Morgan fingerprint density at radius 3 is 2.34 bits per heavy atom. The molecule has 6 nitrogen and oxygen atoms in total. The summed E-state index contributed by atoms with van der Waals surface area (Å²) in [6.07, 6.45) is 7.25. The molecule has 29 heavy (non-hydrogen) atoms. The number of rotatable bonds is 5. The molecule has 3 aromatic heterocycles. The maximum absolute atomic E-state index is 5.66. The van der Waals surface area contributed by atoms with Crippen LogP contribution in [0.2, 0.25) is 0 Å². The number of hydrogen-bond donors (Lipinski definition) is 0. The van der Waals surface area contributed by atoms with E-state index < -0.39 is 0 Å². The topological polar surface area (TPSA) is 69.9 Å². The van der Waals surface area contributed by atoms with Gasteiger partial charge in [-0.3, -0.25) is 0 Å². The lowest BCUT2D eigenvalue weighted by atomic mass is 10.1. The molecule has 0 radical (unpaired) electrons. The van der Waals surface area contributed by atoms with E-state index in [2.05, 4.69) is 10.2 Å². The van der Waals surface area contributed by atoms with Gasteiger partial charge in [-0.15, -0.1) is 10.2 Å². The highest BCUT2D eigenvalue weighted by atomic mass is 16.4. The van der Waals surface area contributed by atoms with Crippen molar-refractivity contribution in [3.63, 3.8) is 0 Å². The number of furan rings is 1. The average Bonchev–Trinajstić information content (AvgIpc) is 3.54. The molecule has 0 amide bonds. The van der Waals surface area contributed by atoms with E-state index in [-0.39, 0.29) is 0 Å². The van der Waals surface area contributed by atoms with Crippen LogP contribution in [0.25, 0.3) is 40.7 Å². The van der Waals surface area contributed by atoms with Crippen LogP contribution in [0, 0.1) is 0 Å². The van der Waals surface area contributed by atoms with Gasteiger partial charge in [-0.05, 0) is 30.3 Å². The molecule has 0 aliphatic carbocycles. The van der Waals surface area contributed by atoms with Gasteiger partial charge in [-0.2, -0.15) is 5.10 Å². The van der Waals surface area contributed by atoms with E-state index >= 15 is 0 Å². The van der Waals surface area contributed by atoms with Crippen LogP contribution in [0.1, 0.15) is 11.5 Å². The number of benzene rings is 2. The van der Waals surface area contributed by atoms with Crippen LogP contribution >= 0.6 is 0 Å². The van der Waals surface area contributed by atoms with Crippen LogP contribution in [0.15, 0.2) is 94.1 Å². The molecule has 0 atom stereocenters. The molecule has 0 aliphatic rings. The Kier molecular flexibility index (Phi) is 4.35. The van der Waals surface area contributed by atoms with Gasteiger partial charge < -0.3 is 8.83 Å². The molecule has 5 rings (SSSR count). The molecule has 6 heteroatoms. The highest BCUT2D eigenvalue weighted by molar-refractivity contribution is 5.77. The average molecular weight is 380 g/mol. The second-order valence-electron chi connectivity index (χ2n) is 6.34. The Morgan fingerprint density at radius 1 is 0.793 bits per heavy atom. The third-order valence-electron chi connectivity index (χ3n) is 4.39. The predicted molar refractivity (Wildman–Crippen MR) is 110 cm³/mol. The molecule has 0 saturated heterocycles. The minimum atomic E-state index is 0.345. The normalized spacial score (nSPS) is 11.3. The third kappa shape index (κ3) is 3.51. The van der Waals surface area contributed by atoms with Crippen LogP contribution in [-0.2, 0) is 0 Å². The second kappa shape index (κ2) is 7.44. The SMILES string of the molecule is C(=C\c1cn(-c2ccccc2)nc1-c1ccccc1)/c1nnc(-c2ccco2)o1. The van der Waals surface area contributed by atoms with Crippen molar-refractivity contribution in [3.05, 3.63) is 96.7 Å². The molecule has 0 saturated carbocycles. The standard InChI is InChI=1S/C23H16N4O2/c1-3-8-17(9-4-1)22-18(16-27(26-22)19-10-5-2-6-11-19)13-14-21-24-25-23(29-21)20-12-7-15-28-20/h1-16H/b14-13+. The van der Waals surface area contributed by atoms with Gasteiger partial charge in [0.15, 0.2) is 5.76 Å². The zero-order valence-corrected chi connectivity index (χ0v) is 15.3. The summed E-state index contributed by atoms with van der Waals surface area (Å²) >= 11 is 0. The molecule has 140 valence electrons. The molecule has 0 bridgehead atoms. The zero-order valence-electron chi connectivity index (χ0n) is 15.3. The number of aromatic nitrogens is 4. The highest BCUT2D eigenvalue weighted by Crippen LogP contribution is 2.26. The van der Waals surface area contributed by atoms with Crippen molar-refractivity contribution in [3.8, 4) is 28.6 Å². The quantitative estimate of drug-likeness (QED) is 0.411. The Hall–Kier alpha value is -4.19. The highest BCUT2D eigenvalue weighted by Gasteiger charge is 2.12. The Balaban J connectivity index is 1.52. The fourth-order valence-electron chi connectivity index (χ4n) is 3.01. The molecule has 0 spiro atoms. The van der Waals surface area contributed by atoms with E-state index in [1.807, 2.05) is 77.6 Å². The van der Waals surface area contributed by atoms with Crippen LogP contribution in [0.5, 0.6) is 0 Å². The first-order chi connectivity index (χ1) is 14.4. The van der Waals surface area contributed by atoms with E-state index in [0.29, 0.717) is 17.5 Å². The molecule has 0 N–H and O–H groups in total. The maximum Gasteiger partial charge on any atom is 0.283 e. The number of hydrogen-bond acceptors (Lipinski definition) is 5. The van der Waals surface area contributed by atoms with Gasteiger partial charge >= 0.3 is 0 Å². The monoisotopic (exact) mass is 380 g/mol. The predicted octanol–water partition coefficient (Wildman–Crippen LogP) is 5.35. The van der Waals surface area contributed by atoms with E-state index in [1.54, 1.807) is 24.5 Å². The molecular weight excluding hydrogens is 364 g/mol. The van der Waals surface area contributed by atoms with Gasteiger partial charge in [-0.25, -0.2) is 4.68 Å². The molecule has 2 aromatic carbocycles. The molecule has 0 aliphatic heterocycles. The van der Waals surface area contributed by atoms with Crippen molar-refractivity contribution in [1.29, 1.82) is 0 Å². The fourth-order valence-corrected chi connectivity index (χ4v) is 3.01. The third-order valence-corrected chi connectivity index (χ3v) is 4.39. The van der Waals surface area contributed by atoms with Crippen molar-refractivity contribution in [2.45, 2.75) is 0 Å². The van der Waals surface area contributed by atoms with Crippen molar-refractivity contribution in [1.82, 2.24) is 20.0 Å². The first-order valence-electron chi connectivity index (χ1n) is 9.13. The first kappa shape index (κ1) is 16.9. The van der Waals surface area contributed by atoms with Crippen molar-refractivity contribution < 1.29 is 8.83 Å².